The molecule has 4 rings (SSSR count). The molecule has 3 fully saturated rings. The van der Waals surface area contributed by atoms with Crippen molar-refractivity contribution in [1.29, 1.82) is 0 Å². The van der Waals surface area contributed by atoms with Crippen LogP contribution in [0.15, 0.2) is 18.5 Å². The number of aromatic nitrogens is 2. The smallest absolute Gasteiger partial charge is 0.317 e. The molecule has 1 aromatic heterocycles. The van der Waals surface area contributed by atoms with E-state index < -0.39 is 11.3 Å². The summed E-state index contributed by atoms with van der Waals surface area (Å²) in [6, 6.07) is 1.73. The molecule has 2 amide bonds. The zero-order chi connectivity index (χ0) is 16.8. The molecule has 0 unspecified atom stereocenters. The van der Waals surface area contributed by atoms with E-state index in [4.69, 9.17) is 0 Å². The lowest BCUT2D eigenvalue weighted by Crippen LogP contribution is -2.59. The highest BCUT2D eigenvalue weighted by Crippen LogP contribution is 2.49. The second-order valence-corrected chi connectivity index (χ2v) is 7.10. The summed E-state index contributed by atoms with van der Waals surface area (Å²) in [5.41, 5.74) is -1.22. The van der Waals surface area contributed by atoms with Crippen LogP contribution < -0.4 is 10.2 Å². The van der Waals surface area contributed by atoms with Crippen LogP contribution in [-0.4, -0.2) is 59.0 Å². The summed E-state index contributed by atoms with van der Waals surface area (Å²) in [5.74, 6) is -2.31. The van der Waals surface area contributed by atoms with Gasteiger partial charge in [-0.2, -0.15) is 0 Å². The first-order valence-corrected chi connectivity index (χ1v) is 8.44. The third kappa shape index (κ3) is 2.67. The van der Waals surface area contributed by atoms with Crippen molar-refractivity contribution < 1.29 is 13.6 Å². The number of alkyl halides is 2. The topological polar surface area (TPSA) is 61.4 Å². The van der Waals surface area contributed by atoms with Crippen molar-refractivity contribution in [2.75, 3.05) is 31.1 Å². The van der Waals surface area contributed by atoms with Gasteiger partial charge in [-0.05, 0) is 25.3 Å². The molecular formula is C16H21F2N5O. The number of amides is 2. The zero-order valence-electron chi connectivity index (χ0n) is 13.4. The van der Waals surface area contributed by atoms with Crippen LogP contribution in [0.5, 0.6) is 0 Å². The number of nitrogens with one attached hydrogen (secondary N) is 1. The van der Waals surface area contributed by atoms with Gasteiger partial charge in [-0.25, -0.2) is 23.5 Å². The van der Waals surface area contributed by atoms with Crippen LogP contribution >= 0.6 is 0 Å². The Morgan fingerprint density at radius 3 is 2.62 bits per heavy atom. The van der Waals surface area contributed by atoms with E-state index in [2.05, 4.69) is 15.3 Å². The quantitative estimate of drug-likeness (QED) is 0.895. The van der Waals surface area contributed by atoms with Gasteiger partial charge >= 0.3 is 6.03 Å². The maximum atomic E-state index is 14.7. The number of hydrogen-bond donors (Lipinski definition) is 1. The SMILES string of the molecule is O=C(NC1CC1)N1CCC(F)(F)[C@]2(CCN(c3ncccn3)C2)C1. The van der Waals surface area contributed by atoms with Gasteiger partial charge in [-0.1, -0.05) is 0 Å². The molecule has 6 nitrogen and oxygen atoms in total. The molecule has 1 N–H and O–H groups in total. The summed E-state index contributed by atoms with van der Waals surface area (Å²) < 4.78 is 29.5. The summed E-state index contributed by atoms with van der Waals surface area (Å²) in [6.07, 6.45) is 5.25. The molecule has 3 aliphatic rings. The van der Waals surface area contributed by atoms with Crippen molar-refractivity contribution in [3.8, 4) is 0 Å². The number of likely N-dealkylation sites (tertiary alicyclic amines) is 1. The van der Waals surface area contributed by atoms with Crippen molar-refractivity contribution in [2.45, 2.75) is 37.6 Å². The first kappa shape index (κ1) is 15.5. The molecule has 1 aliphatic carbocycles. The molecule has 2 saturated heterocycles. The second-order valence-electron chi connectivity index (χ2n) is 7.10. The monoisotopic (exact) mass is 337 g/mol. The lowest BCUT2D eigenvalue weighted by atomic mass is 9.75. The third-order valence-electron chi connectivity index (χ3n) is 5.35. The van der Waals surface area contributed by atoms with Gasteiger partial charge < -0.3 is 15.1 Å². The number of carbonyl (C=O) groups is 1. The van der Waals surface area contributed by atoms with Gasteiger partial charge in [0.1, 0.15) is 0 Å². The van der Waals surface area contributed by atoms with Crippen molar-refractivity contribution >= 4 is 12.0 Å². The highest BCUT2D eigenvalue weighted by molar-refractivity contribution is 5.75. The van der Waals surface area contributed by atoms with Gasteiger partial charge in [0.2, 0.25) is 5.95 Å². The third-order valence-corrected chi connectivity index (χ3v) is 5.35. The number of halogens is 2. The van der Waals surface area contributed by atoms with E-state index in [1.807, 2.05) is 0 Å². The normalized spacial score (nSPS) is 29.1. The van der Waals surface area contributed by atoms with Crippen LogP contribution in [0.4, 0.5) is 19.5 Å². The first-order valence-electron chi connectivity index (χ1n) is 8.44. The van der Waals surface area contributed by atoms with Crippen LogP contribution in [-0.2, 0) is 0 Å². The highest BCUT2D eigenvalue weighted by atomic mass is 19.3. The predicted molar refractivity (Wildman–Crippen MR) is 84.0 cm³/mol. The molecule has 1 atom stereocenters. The van der Waals surface area contributed by atoms with E-state index in [0.29, 0.717) is 18.9 Å². The molecule has 0 bridgehead atoms. The summed E-state index contributed by atoms with van der Waals surface area (Å²) in [4.78, 5) is 24.0. The van der Waals surface area contributed by atoms with Gasteiger partial charge in [-0.15, -0.1) is 0 Å². The standard InChI is InChI=1S/C16H21F2N5O/c17-16(18)5-9-23(14(24)21-12-2-3-12)11-15(16)4-8-22(10-15)13-19-6-1-7-20-13/h1,6-7,12H,2-5,8-11H2,(H,21,24)/t15-/m0/s1. The van der Waals surface area contributed by atoms with E-state index in [9.17, 15) is 13.6 Å². The fraction of sp³-hybridized carbons (Fsp3) is 0.688. The van der Waals surface area contributed by atoms with Crippen molar-refractivity contribution in [3.63, 3.8) is 0 Å². The van der Waals surface area contributed by atoms with Gasteiger partial charge in [0.25, 0.3) is 5.92 Å². The highest BCUT2D eigenvalue weighted by Gasteiger charge is 2.60. The van der Waals surface area contributed by atoms with Gasteiger partial charge in [-0.3, -0.25) is 0 Å². The minimum Gasteiger partial charge on any atom is -0.340 e. The summed E-state index contributed by atoms with van der Waals surface area (Å²) >= 11 is 0. The molecule has 1 spiro atoms. The number of piperidine rings is 1. The first-order chi connectivity index (χ1) is 11.5. The fourth-order valence-corrected chi connectivity index (χ4v) is 3.69. The summed E-state index contributed by atoms with van der Waals surface area (Å²) in [7, 11) is 0. The number of hydrogen-bond acceptors (Lipinski definition) is 4. The van der Waals surface area contributed by atoms with Crippen molar-refractivity contribution in [1.82, 2.24) is 20.2 Å². The average molecular weight is 337 g/mol. The Hall–Kier alpha value is -1.99. The number of anilines is 1. The van der Waals surface area contributed by atoms with Crippen LogP contribution in [0.25, 0.3) is 0 Å². The Labute approximate surface area is 139 Å². The molecule has 24 heavy (non-hydrogen) atoms. The summed E-state index contributed by atoms with van der Waals surface area (Å²) in [5, 5.41) is 2.90. The molecule has 8 heteroatoms. The van der Waals surface area contributed by atoms with E-state index in [-0.39, 0.29) is 38.1 Å². The molecular weight excluding hydrogens is 316 g/mol. The van der Waals surface area contributed by atoms with Gasteiger partial charge in [0.05, 0.1) is 5.41 Å². The van der Waals surface area contributed by atoms with E-state index >= 15 is 0 Å². The largest absolute Gasteiger partial charge is 0.340 e. The van der Waals surface area contributed by atoms with E-state index in [0.717, 1.165) is 12.8 Å². The van der Waals surface area contributed by atoms with Crippen LogP contribution in [0.2, 0.25) is 0 Å². The van der Waals surface area contributed by atoms with Crippen LogP contribution in [0.1, 0.15) is 25.7 Å². The van der Waals surface area contributed by atoms with Gasteiger partial charge in [0, 0.05) is 51.0 Å². The maximum Gasteiger partial charge on any atom is 0.317 e. The van der Waals surface area contributed by atoms with E-state index in [1.54, 1.807) is 28.3 Å². The van der Waals surface area contributed by atoms with Crippen LogP contribution in [0.3, 0.4) is 0 Å². The number of carbonyl (C=O) groups excluding carboxylic acids is 1. The molecule has 3 heterocycles. The van der Waals surface area contributed by atoms with Gasteiger partial charge in [0.15, 0.2) is 0 Å². The molecule has 1 aromatic rings. The maximum absolute atomic E-state index is 14.7. The zero-order valence-corrected chi connectivity index (χ0v) is 13.4. The van der Waals surface area contributed by atoms with Crippen LogP contribution in [0, 0.1) is 5.41 Å². The number of nitrogens with zero attached hydrogens (tertiary/aromatic N) is 4. The molecule has 130 valence electrons. The minimum atomic E-state index is -2.78. The second kappa shape index (κ2) is 5.53. The molecule has 0 aromatic carbocycles. The van der Waals surface area contributed by atoms with Crippen molar-refractivity contribution in [3.05, 3.63) is 18.5 Å². The average Bonchev–Trinajstić information content (AvgIpc) is 3.28. The predicted octanol–water partition coefficient (Wildman–Crippen LogP) is 1.89. The fourth-order valence-electron chi connectivity index (χ4n) is 3.69. The Morgan fingerprint density at radius 2 is 1.92 bits per heavy atom. The Morgan fingerprint density at radius 1 is 1.17 bits per heavy atom. The molecule has 0 radical (unpaired) electrons. The molecule has 1 saturated carbocycles. The van der Waals surface area contributed by atoms with E-state index in [1.165, 1.54) is 0 Å². The summed E-state index contributed by atoms with van der Waals surface area (Å²) in [6.45, 7) is 0.853. The lowest BCUT2D eigenvalue weighted by Gasteiger charge is -2.45. The number of rotatable bonds is 2. The Bertz CT molecular complexity index is 624. The number of urea groups is 1. The Kier molecular flexibility index (Phi) is 3.58. The lowest BCUT2D eigenvalue weighted by molar-refractivity contribution is -0.149. The Balaban J connectivity index is 1.51. The van der Waals surface area contributed by atoms with Crippen molar-refractivity contribution in [2.24, 2.45) is 5.41 Å². The minimum absolute atomic E-state index is 0.0852. The molecule has 2 aliphatic heterocycles.